The van der Waals surface area contributed by atoms with E-state index >= 15 is 0 Å². The second-order valence-electron chi connectivity index (χ2n) is 3.95. The Hall–Kier alpha value is -1.65. The molecule has 1 aromatic rings. The van der Waals surface area contributed by atoms with Gasteiger partial charge in [0.1, 0.15) is 6.04 Å². The molecule has 2 unspecified atom stereocenters. The lowest BCUT2D eigenvalue weighted by molar-refractivity contribution is -0.138. The Kier molecular flexibility index (Phi) is 2.77. The maximum atomic E-state index is 10.7. The topological polar surface area (TPSA) is 89.3 Å². The molecule has 0 aromatic heterocycles. The Morgan fingerprint density at radius 2 is 2.12 bits per heavy atom. The normalized spacial score (nSPS) is 20.1. The van der Waals surface area contributed by atoms with Crippen LogP contribution in [0.4, 0.5) is 0 Å². The fourth-order valence-corrected chi connectivity index (χ4v) is 1.98. The number of rotatable bonds is 3. The molecular weight excluding hydrogens is 204 g/mol. The molecule has 1 aliphatic carbocycles. The zero-order chi connectivity index (χ0) is 11.7. The molecule has 84 valence electrons. The minimum Gasteiger partial charge on any atom is -0.480 e. The van der Waals surface area contributed by atoms with Crippen LogP contribution in [0.2, 0.25) is 0 Å². The van der Waals surface area contributed by atoms with Crippen LogP contribution in [0, 0.1) is 0 Å². The summed E-state index contributed by atoms with van der Waals surface area (Å²) in [6.07, 6.45) is 2.20. The second-order valence-corrected chi connectivity index (χ2v) is 3.95. The van der Waals surface area contributed by atoms with E-state index in [1.807, 2.05) is 30.3 Å². The Morgan fingerprint density at radius 1 is 1.44 bits per heavy atom. The number of hydrogen-bond acceptors (Lipinski definition) is 3. The third-order valence-electron chi connectivity index (χ3n) is 2.80. The molecule has 0 spiro atoms. The maximum absolute atomic E-state index is 10.7. The van der Waals surface area contributed by atoms with Crippen molar-refractivity contribution < 1.29 is 9.90 Å². The van der Waals surface area contributed by atoms with Crippen LogP contribution in [0.1, 0.15) is 23.6 Å². The molecule has 1 aromatic carbocycles. The summed E-state index contributed by atoms with van der Waals surface area (Å²) in [5.74, 6) is -0.987. The summed E-state index contributed by atoms with van der Waals surface area (Å²) in [6.45, 7) is 0. The first-order valence-corrected chi connectivity index (χ1v) is 5.13. The molecule has 0 radical (unpaired) electrons. The largest absolute Gasteiger partial charge is 0.480 e. The van der Waals surface area contributed by atoms with Crippen LogP contribution in [0.5, 0.6) is 0 Å². The molecule has 2 rings (SSSR count). The van der Waals surface area contributed by atoms with Gasteiger partial charge < -0.3 is 16.6 Å². The molecule has 4 nitrogen and oxygen atoms in total. The minimum absolute atomic E-state index is 0.146. The summed E-state index contributed by atoms with van der Waals surface area (Å²) in [5, 5.41) is 8.77. The van der Waals surface area contributed by atoms with E-state index in [0.717, 1.165) is 16.7 Å². The van der Waals surface area contributed by atoms with Gasteiger partial charge in [0.15, 0.2) is 0 Å². The average Bonchev–Trinajstić information content (AvgIpc) is 2.57. The highest BCUT2D eigenvalue weighted by atomic mass is 16.4. The second kappa shape index (κ2) is 4.08. The summed E-state index contributed by atoms with van der Waals surface area (Å²) < 4.78 is 0. The van der Waals surface area contributed by atoms with Crippen molar-refractivity contribution in [2.75, 3.05) is 0 Å². The number of fused-ring (bicyclic) bond motifs is 1. The number of hydrogen-bond donors (Lipinski definition) is 3. The van der Waals surface area contributed by atoms with Crippen LogP contribution < -0.4 is 11.5 Å². The predicted octanol–water partition coefficient (Wildman–Crippen LogP) is 0.885. The zero-order valence-electron chi connectivity index (χ0n) is 8.76. The zero-order valence-corrected chi connectivity index (χ0v) is 8.76. The monoisotopic (exact) mass is 218 g/mol. The van der Waals surface area contributed by atoms with Crippen molar-refractivity contribution in [3.8, 4) is 0 Å². The highest BCUT2D eigenvalue weighted by molar-refractivity contribution is 5.81. The first-order chi connectivity index (χ1) is 7.59. The van der Waals surface area contributed by atoms with Crippen LogP contribution in [-0.2, 0) is 4.79 Å². The van der Waals surface area contributed by atoms with Gasteiger partial charge in [0.25, 0.3) is 0 Å². The average molecular weight is 218 g/mol. The van der Waals surface area contributed by atoms with Crippen LogP contribution in [-0.4, -0.2) is 17.1 Å². The van der Waals surface area contributed by atoms with Crippen molar-refractivity contribution >= 4 is 11.5 Å². The fraction of sp³-hybridized carbons (Fsp3) is 0.250. The minimum atomic E-state index is -0.987. The summed E-state index contributed by atoms with van der Waals surface area (Å²) >= 11 is 0. The van der Waals surface area contributed by atoms with Crippen LogP contribution >= 0.6 is 0 Å². The molecule has 16 heavy (non-hydrogen) atoms. The first-order valence-electron chi connectivity index (χ1n) is 5.13. The van der Waals surface area contributed by atoms with Crippen molar-refractivity contribution in [2.45, 2.75) is 18.5 Å². The summed E-state index contributed by atoms with van der Waals surface area (Å²) in [5.41, 5.74) is 14.4. The van der Waals surface area contributed by atoms with Gasteiger partial charge in [0, 0.05) is 6.04 Å². The van der Waals surface area contributed by atoms with Crippen LogP contribution in [0.3, 0.4) is 0 Å². The van der Waals surface area contributed by atoms with E-state index in [4.69, 9.17) is 16.6 Å². The van der Waals surface area contributed by atoms with E-state index in [1.54, 1.807) is 0 Å². The van der Waals surface area contributed by atoms with E-state index in [1.165, 1.54) is 0 Å². The molecular formula is C12H14N2O2. The molecule has 0 saturated heterocycles. The number of nitrogens with two attached hydrogens (primary N) is 2. The number of aliphatic carboxylic acids is 1. The van der Waals surface area contributed by atoms with E-state index in [9.17, 15) is 4.79 Å². The van der Waals surface area contributed by atoms with Crippen LogP contribution in [0.25, 0.3) is 5.57 Å². The van der Waals surface area contributed by atoms with Crippen molar-refractivity contribution in [3.05, 3.63) is 41.5 Å². The van der Waals surface area contributed by atoms with Gasteiger partial charge in [-0.25, -0.2) is 0 Å². The summed E-state index contributed by atoms with van der Waals surface area (Å²) in [4.78, 5) is 10.7. The van der Waals surface area contributed by atoms with Gasteiger partial charge in [-0.2, -0.15) is 0 Å². The van der Waals surface area contributed by atoms with Crippen molar-refractivity contribution in [1.82, 2.24) is 0 Å². The lowest BCUT2D eigenvalue weighted by Gasteiger charge is -2.09. The molecule has 0 saturated carbocycles. The quantitative estimate of drug-likeness (QED) is 0.702. The molecule has 0 heterocycles. The van der Waals surface area contributed by atoms with Gasteiger partial charge in [-0.05, 0) is 23.1 Å². The highest BCUT2D eigenvalue weighted by Crippen LogP contribution is 2.34. The highest BCUT2D eigenvalue weighted by Gasteiger charge is 2.23. The van der Waals surface area contributed by atoms with Gasteiger partial charge >= 0.3 is 5.97 Å². The smallest absolute Gasteiger partial charge is 0.320 e. The fourth-order valence-electron chi connectivity index (χ4n) is 1.98. The number of benzene rings is 1. The molecule has 5 N–H and O–H groups in total. The lowest BCUT2D eigenvalue weighted by Crippen LogP contribution is -2.30. The number of carbonyl (C=O) groups is 1. The van der Waals surface area contributed by atoms with Crippen molar-refractivity contribution in [1.29, 1.82) is 0 Å². The summed E-state index contributed by atoms with van der Waals surface area (Å²) in [6, 6.07) is 6.72. The third kappa shape index (κ3) is 1.85. The summed E-state index contributed by atoms with van der Waals surface area (Å²) in [7, 11) is 0. The van der Waals surface area contributed by atoms with Gasteiger partial charge in [0.05, 0.1) is 0 Å². The molecule has 0 bridgehead atoms. The Bertz CT molecular complexity index is 454. The third-order valence-corrected chi connectivity index (χ3v) is 2.80. The van der Waals surface area contributed by atoms with E-state index < -0.39 is 12.0 Å². The van der Waals surface area contributed by atoms with Gasteiger partial charge in [-0.15, -0.1) is 0 Å². The Morgan fingerprint density at radius 3 is 2.81 bits per heavy atom. The van der Waals surface area contributed by atoms with Crippen molar-refractivity contribution in [2.24, 2.45) is 11.5 Å². The first kappa shape index (κ1) is 10.9. The molecule has 1 aliphatic rings. The Labute approximate surface area is 93.6 Å². The Balaban J connectivity index is 2.25. The van der Waals surface area contributed by atoms with Gasteiger partial charge in [-0.3, -0.25) is 4.79 Å². The van der Waals surface area contributed by atoms with E-state index in [2.05, 4.69) is 0 Å². The maximum Gasteiger partial charge on any atom is 0.320 e. The molecule has 2 atom stereocenters. The van der Waals surface area contributed by atoms with Crippen molar-refractivity contribution in [3.63, 3.8) is 0 Å². The number of carboxylic acids is 1. The predicted molar refractivity (Wildman–Crippen MR) is 61.6 cm³/mol. The molecule has 0 amide bonds. The van der Waals surface area contributed by atoms with Crippen LogP contribution in [0.15, 0.2) is 30.3 Å². The molecule has 4 heteroatoms. The molecule has 0 aliphatic heterocycles. The van der Waals surface area contributed by atoms with Gasteiger partial charge in [0.2, 0.25) is 0 Å². The van der Waals surface area contributed by atoms with E-state index in [0.29, 0.717) is 6.42 Å². The van der Waals surface area contributed by atoms with Gasteiger partial charge in [-0.1, -0.05) is 30.3 Å². The molecule has 0 fully saturated rings. The standard InChI is InChI=1S/C12H14N2O2/c13-10-5-7(6-11(14)12(15)16)8-3-1-2-4-9(8)10/h1-5,10-11H,6,13-14H2,(H,15,16). The SMILES string of the molecule is NC(CC1=CC(N)c2ccccc21)C(=O)O. The number of carboxylic acid groups (broad SMARTS) is 1. The van der Waals surface area contributed by atoms with E-state index in [-0.39, 0.29) is 6.04 Å². The lowest BCUT2D eigenvalue weighted by atomic mass is 10.00.